The molecule has 510 valence electrons. The van der Waals surface area contributed by atoms with Crippen LogP contribution in [0.2, 0.25) is 25.6 Å². The number of ketones is 1. The number of aryl methyl sites for hydroxylation is 2. The summed E-state index contributed by atoms with van der Waals surface area (Å²) in [6.45, 7) is 26.7. The molecule has 0 unspecified atom stereocenters. The second-order valence-electron chi connectivity index (χ2n) is 25.6. The van der Waals surface area contributed by atoms with Crippen molar-refractivity contribution in [2.24, 2.45) is 23.5 Å². The SMILES string of the molecule is FC1(F)CC(NC2CCC(COc3nc(Cl)ncc3Cl)CC2)C1.NC1CC(F)(F)C1.O=C1CCC(COc2nc(Cl)ncc2Cl)CC1.[C-]#[N+]C(C)(C)n1cc(N)c(C)n1.[C-]#[N+]C(C)(C)n1cc(Nc2ncc(Cl)c(OCC3CCC(NC4CC(F)(F)C4)CC3)n2)c(C)n1. The molecular formula is C61H80Cl5F6N17O4. The number of carbonyl (C=O) groups excluding carboxylic acids is 1. The van der Waals surface area contributed by atoms with Gasteiger partial charge in [-0.05, 0) is 119 Å². The van der Waals surface area contributed by atoms with Crippen molar-refractivity contribution in [1.29, 1.82) is 0 Å². The summed E-state index contributed by atoms with van der Waals surface area (Å²) in [4.78, 5) is 42.1. The predicted molar refractivity (Wildman–Crippen MR) is 344 cm³/mol. The number of aromatic nitrogens is 10. The number of anilines is 3. The van der Waals surface area contributed by atoms with Gasteiger partial charge in [-0.25, -0.2) is 54.4 Å². The van der Waals surface area contributed by atoms with E-state index in [9.17, 15) is 31.1 Å². The highest BCUT2D eigenvalue weighted by Gasteiger charge is 2.47. The number of ether oxygens (including phenoxy) is 3. The van der Waals surface area contributed by atoms with E-state index < -0.39 is 29.1 Å². The van der Waals surface area contributed by atoms with Crippen molar-refractivity contribution in [2.45, 2.75) is 216 Å². The lowest BCUT2D eigenvalue weighted by Crippen LogP contribution is -2.52. The zero-order valence-electron chi connectivity index (χ0n) is 52.7. The van der Waals surface area contributed by atoms with E-state index in [2.05, 4.69) is 65.7 Å². The van der Waals surface area contributed by atoms with Crippen LogP contribution < -0.4 is 41.6 Å². The number of nitrogens with two attached hydrogens (primary N) is 2. The van der Waals surface area contributed by atoms with Gasteiger partial charge in [0.25, 0.3) is 17.8 Å². The summed E-state index contributed by atoms with van der Waals surface area (Å²) in [5.74, 6) is -4.62. The van der Waals surface area contributed by atoms with Crippen LogP contribution in [-0.4, -0.2) is 123 Å². The van der Waals surface area contributed by atoms with Crippen molar-refractivity contribution in [3.8, 4) is 17.6 Å². The first-order valence-corrected chi connectivity index (χ1v) is 32.7. The van der Waals surface area contributed by atoms with Crippen molar-refractivity contribution < 1.29 is 45.3 Å². The Morgan fingerprint density at radius 2 is 0.946 bits per heavy atom. The third-order valence-corrected chi connectivity index (χ3v) is 17.9. The lowest BCUT2D eigenvalue weighted by atomic mass is 9.83. The topological polar surface area (TPSA) is 255 Å². The van der Waals surface area contributed by atoms with Crippen LogP contribution in [0, 0.1) is 44.7 Å². The minimum absolute atomic E-state index is 0.0234. The van der Waals surface area contributed by atoms with Crippen molar-refractivity contribution in [2.75, 3.05) is 30.9 Å². The number of nitrogens with one attached hydrogen (secondary N) is 3. The van der Waals surface area contributed by atoms with E-state index >= 15 is 0 Å². The third-order valence-electron chi connectivity index (χ3n) is 16.8. The number of nitrogens with zero attached hydrogens (tertiary/aromatic N) is 12. The zero-order chi connectivity index (χ0) is 68.1. The molecule has 0 aliphatic heterocycles. The van der Waals surface area contributed by atoms with E-state index in [-0.39, 0.29) is 67.2 Å². The zero-order valence-corrected chi connectivity index (χ0v) is 56.4. The maximum atomic E-state index is 13.0. The first kappa shape index (κ1) is 74.6. The molecule has 93 heavy (non-hydrogen) atoms. The number of carbonyl (C=O) groups is 1. The fourth-order valence-corrected chi connectivity index (χ4v) is 11.6. The molecule has 5 aromatic heterocycles. The van der Waals surface area contributed by atoms with Crippen molar-refractivity contribution in [1.82, 2.24) is 60.1 Å². The Kier molecular flexibility index (Phi) is 26.3. The van der Waals surface area contributed by atoms with Crippen molar-refractivity contribution in [3.63, 3.8) is 0 Å². The van der Waals surface area contributed by atoms with Crippen LogP contribution in [0.3, 0.4) is 0 Å². The second kappa shape index (κ2) is 32.8. The van der Waals surface area contributed by atoms with Gasteiger partial charge in [0.2, 0.25) is 34.2 Å². The molecular weight excluding hydrogens is 1330 g/mol. The van der Waals surface area contributed by atoms with Gasteiger partial charge in [-0.15, -0.1) is 0 Å². The lowest BCUT2D eigenvalue weighted by Gasteiger charge is -2.39. The third kappa shape index (κ3) is 23.2. The number of halogens is 11. The van der Waals surface area contributed by atoms with Gasteiger partial charge in [0.1, 0.15) is 20.9 Å². The molecule has 32 heteroatoms. The van der Waals surface area contributed by atoms with E-state index in [1.807, 2.05) is 13.8 Å². The molecule has 6 fully saturated rings. The number of hydrogen-bond acceptors (Lipinski definition) is 17. The molecule has 0 bridgehead atoms. The summed E-state index contributed by atoms with van der Waals surface area (Å²) in [5.41, 5.74) is 12.1. The largest absolute Gasteiger partial charge is 0.476 e. The molecule has 0 aromatic carbocycles. The molecule has 6 saturated carbocycles. The Hall–Kier alpha value is -5.78. The van der Waals surface area contributed by atoms with Gasteiger partial charge in [-0.1, -0.05) is 34.8 Å². The Morgan fingerprint density at radius 1 is 0.570 bits per heavy atom. The monoisotopic (exact) mass is 1400 g/mol. The van der Waals surface area contributed by atoms with E-state index in [0.717, 1.165) is 69.9 Å². The molecule has 21 nitrogen and oxygen atoms in total. The average Bonchev–Trinajstić information content (AvgIpc) is 1.97. The van der Waals surface area contributed by atoms with E-state index in [4.69, 9.17) is 96.8 Å². The lowest BCUT2D eigenvalue weighted by molar-refractivity contribution is -0.121. The van der Waals surface area contributed by atoms with Crippen LogP contribution in [0.1, 0.15) is 155 Å². The quantitative estimate of drug-likeness (QED) is 0.0329. The van der Waals surface area contributed by atoms with Crippen LogP contribution in [0.4, 0.5) is 43.7 Å². The Balaban J connectivity index is 0.000000180. The summed E-state index contributed by atoms with van der Waals surface area (Å²) >= 11 is 29.5. The first-order valence-electron chi connectivity index (χ1n) is 30.8. The van der Waals surface area contributed by atoms with Crippen LogP contribution in [0.25, 0.3) is 9.69 Å². The molecule has 0 spiro atoms. The summed E-state index contributed by atoms with van der Waals surface area (Å²) in [5, 5.41) is 19.6. The molecule has 0 atom stereocenters. The summed E-state index contributed by atoms with van der Waals surface area (Å²) in [6, 6.07) is 0.318. The molecule has 7 N–H and O–H groups in total. The standard InChI is InChI=1S/C23H30ClF2N7O.C15H19Cl2F2N3O.C11H12Cl2N2O2.C8H12N4.C4H7F2N/c1-14-19(12-33(32-14)22(2,3)27-4)30-21-28-11-18(24)20(31-21)34-13-15-5-7-16(8-6-15)29-17-9-23(25,26)10-17;16-12-7-20-14(17)22-13(12)23-8-9-1-3-10(4-2-9)21-11-5-15(18,19)6-11;12-9-5-14-11(13)15-10(9)17-6-7-1-3-8(16)4-2-7;1-6-7(9)5-12(11-6)8(2,3)10-4;5-4(6)1-3(7)2-4/h11-12,15-17,29H,5-10,13H2,1-3H3,(H,28,30,31);7,9-11,21H,1-6,8H2;5,7H,1-4,6H2;5H,9H2,1-3H3;3H,1-2,7H2. The van der Waals surface area contributed by atoms with Gasteiger partial charge < -0.3 is 41.6 Å². The molecule has 0 saturated heterocycles. The van der Waals surface area contributed by atoms with Crippen molar-refractivity contribution in [3.05, 3.63) is 90.8 Å². The molecule has 6 aliphatic carbocycles. The van der Waals surface area contributed by atoms with Gasteiger partial charge in [-0.3, -0.25) is 14.5 Å². The Morgan fingerprint density at radius 3 is 1.31 bits per heavy atom. The van der Waals surface area contributed by atoms with Gasteiger partial charge >= 0.3 is 11.3 Å². The first-order chi connectivity index (χ1) is 43.7. The fourth-order valence-electron chi connectivity index (χ4n) is 10.9. The smallest absolute Gasteiger partial charge is 0.319 e. The minimum Gasteiger partial charge on any atom is -0.476 e. The van der Waals surface area contributed by atoms with Crippen LogP contribution in [0.5, 0.6) is 17.6 Å². The molecule has 5 heterocycles. The summed E-state index contributed by atoms with van der Waals surface area (Å²) in [6.07, 6.45) is 18.2. The van der Waals surface area contributed by atoms with E-state index in [1.165, 1.54) is 18.6 Å². The van der Waals surface area contributed by atoms with Crippen molar-refractivity contribution >= 4 is 81.1 Å². The Bertz CT molecular complexity index is 3320. The maximum absolute atomic E-state index is 13.0. The number of rotatable bonds is 17. The second-order valence-corrected chi connectivity index (χ2v) is 27.5. The normalized spacial score (nSPS) is 21.9. The molecule has 11 rings (SSSR count). The molecule has 0 radical (unpaired) electrons. The van der Waals surface area contributed by atoms with Crippen LogP contribution in [0.15, 0.2) is 31.0 Å². The molecule has 0 amide bonds. The van der Waals surface area contributed by atoms with Gasteiger partial charge in [0, 0.05) is 109 Å². The van der Waals surface area contributed by atoms with Crippen LogP contribution >= 0.6 is 58.0 Å². The number of hydrogen-bond donors (Lipinski definition) is 5. The maximum Gasteiger partial charge on any atom is 0.319 e. The molecule has 6 aliphatic rings. The van der Waals surface area contributed by atoms with E-state index in [0.29, 0.717) is 124 Å². The fraction of sp³-hybridized carbons (Fsp3) is 0.656. The number of Topliss-reactive ketones (excluding diaryl/α,β-unsaturated/α-hetero) is 1. The highest BCUT2D eigenvalue weighted by atomic mass is 35.5. The number of alkyl halides is 6. The predicted octanol–water partition coefficient (Wildman–Crippen LogP) is 14.5. The van der Waals surface area contributed by atoms with Gasteiger partial charge in [0.15, 0.2) is 0 Å². The summed E-state index contributed by atoms with van der Waals surface area (Å²) in [7, 11) is 0. The minimum atomic E-state index is -2.49. The van der Waals surface area contributed by atoms with Gasteiger partial charge in [-0.2, -0.15) is 34.5 Å². The summed E-state index contributed by atoms with van der Waals surface area (Å²) < 4.78 is 95.5. The highest BCUT2D eigenvalue weighted by molar-refractivity contribution is 6.33. The van der Waals surface area contributed by atoms with Gasteiger partial charge in [0.05, 0.1) is 73.6 Å². The Labute approximate surface area is 562 Å². The highest BCUT2D eigenvalue weighted by Crippen LogP contribution is 2.41. The number of nitrogen functional groups attached to an aromatic ring is 1. The van der Waals surface area contributed by atoms with E-state index in [1.54, 1.807) is 49.5 Å². The van der Waals surface area contributed by atoms with Crippen LogP contribution in [-0.2, 0) is 16.1 Å². The molecule has 5 aromatic rings. The average molecular weight is 1410 g/mol.